The molecule has 0 aliphatic rings. The van der Waals surface area contributed by atoms with E-state index in [4.69, 9.17) is 0 Å². The Labute approximate surface area is 215 Å². The van der Waals surface area contributed by atoms with Crippen molar-refractivity contribution in [3.05, 3.63) is 99.9 Å². The van der Waals surface area contributed by atoms with E-state index >= 15 is 0 Å². The first-order chi connectivity index (χ1) is 18.3. The van der Waals surface area contributed by atoms with E-state index in [1.165, 1.54) is 0 Å². The van der Waals surface area contributed by atoms with Crippen LogP contribution in [0, 0.1) is 17.5 Å². The van der Waals surface area contributed by atoms with Crippen molar-refractivity contribution in [1.82, 2.24) is 5.32 Å². The average Bonchev–Trinajstić information content (AvgIpc) is 2.81. The van der Waals surface area contributed by atoms with Crippen molar-refractivity contribution < 1.29 is 66.6 Å². The topological polar surface area (TPSA) is 38.3 Å². The van der Waals surface area contributed by atoms with Gasteiger partial charge in [-0.1, -0.05) is 6.07 Å². The molecule has 0 saturated carbocycles. The quantitative estimate of drug-likeness (QED) is 0.283. The van der Waals surface area contributed by atoms with Crippen LogP contribution >= 0.6 is 0 Å². The summed E-state index contributed by atoms with van der Waals surface area (Å²) in [5.41, 5.74) is -6.12. The maximum atomic E-state index is 14.3. The van der Waals surface area contributed by atoms with Crippen LogP contribution in [0.1, 0.15) is 38.7 Å². The summed E-state index contributed by atoms with van der Waals surface area (Å²) in [6.45, 7) is 0. The molecule has 16 heteroatoms. The second kappa shape index (κ2) is 10.9. The van der Waals surface area contributed by atoms with Crippen LogP contribution < -0.4 is 10.1 Å². The van der Waals surface area contributed by atoms with Crippen LogP contribution in [-0.2, 0) is 12.4 Å². The van der Waals surface area contributed by atoms with E-state index in [9.17, 15) is 61.9 Å². The second-order valence-electron chi connectivity index (χ2n) is 8.02. The number of alkyl halides is 10. The molecule has 0 fully saturated rings. The SMILES string of the molecule is O=C(NC(c1cc(F)cc(OC(F)(F)C(F)F)c1)c1ccc(F)c(C(F)(F)F)c1)c1ccc(F)c(C(F)(F)F)c1. The highest BCUT2D eigenvalue weighted by atomic mass is 19.4. The van der Waals surface area contributed by atoms with E-state index in [1.54, 1.807) is 0 Å². The molecular formula is C24H12F13NO2. The number of amides is 1. The van der Waals surface area contributed by atoms with Gasteiger partial charge in [-0.15, -0.1) is 0 Å². The molecule has 1 unspecified atom stereocenters. The van der Waals surface area contributed by atoms with Crippen LogP contribution in [0.3, 0.4) is 0 Å². The highest BCUT2D eigenvalue weighted by Crippen LogP contribution is 2.37. The number of rotatable bonds is 7. The number of ether oxygens (including phenoxy) is 1. The number of carbonyl (C=O) groups excluding carboxylic acids is 1. The number of hydrogen-bond acceptors (Lipinski definition) is 2. The summed E-state index contributed by atoms with van der Waals surface area (Å²) in [6, 6.07) is 0.931. The third kappa shape index (κ3) is 6.96. The fourth-order valence-corrected chi connectivity index (χ4v) is 3.41. The van der Waals surface area contributed by atoms with Gasteiger partial charge in [-0.05, 0) is 53.6 Å². The van der Waals surface area contributed by atoms with Gasteiger partial charge in [0.25, 0.3) is 5.91 Å². The summed E-state index contributed by atoms with van der Waals surface area (Å²) >= 11 is 0. The predicted molar refractivity (Wildman–Crippen MR) is 110 cm³/mol. The molecule has 216 valence electrons. The van der Waals surface area contributed by atoms with Gasteiger partial charge in [0.05, 0.1) is 17.2 Å². The standard InChI is InChI=1S/C24H12F13NO2/c25-13-5-12(6-14(9-13)40-24(36,37)21(28)29)19(10-1-3-17(26)15(7-10)22(30,31)32)38-20(39)11-2-4-18(27)16(8-11)23(33,34)35/h1-9,19,21H,(H,38,39). The van der Waals surface area contributed by atoms with Gasteiger partial charge in [-0.2, -0.15) is 43.9 Å². The van der Waals surface area contributed by atoms with Gasteiger partial charge >= 0.3 is 24.9 Å². The summed E-state index contributed by atoms with van der Waals surface area (Å²) in [6.07, 6.45) is -20.2. The minimum Gasteiger partial charge on any atom is -0.428 e. The van der Waals surface area contributed by atoms with E-state index in [1.807, 2.05) is 5.32 Å². The van der Waals surface area contributed by atoms with Crippen molar-refractivity contribution in [2.75, 3.05) is 0 Å². The molecule has 0 bridgehead atoms. The number of halogens is 13. The number of benzene rings is 3. The zero-order valence-electron chi connectivity index (χ0n) is 19.1. The normalized spacial score (nSPS) is 13.3. The van der Waals surface area contributed by atoms with Crippen molar-refractivity contribution in [3.63, 3.8) is 0 Å². The molecule has 3 rings (SSSR count). The summed E-state index contributed by atoms with van der Waals surface area (Å²) in [4.78, 5) is 12.8. The lowest BCUT2D eigenvalue weighted by Crippen LogP contribution is -2.33. The lowest BCUT2D eigenvalue weighted by molar-refractivity contribution is -0.253. The van der Waals surface area contributed by atoms with Crippen LogP contribution in [0.25, 0.3) is 0 Å². The van der Waals surface area contributed by atoms with Crippen molar-refractivity contribution in [1.29, 1.82) is 0 Å². The summed E-state index contributed by atoms with van der Waals surface area (Å²) in [7, 11) is 0. The molecule has 3 nitrogen and oxygen atoms in total. The fraction of sp³-hybridized carbons (Fsp3) is 0.208. The molecular weight excluding hydrogens is 581 g/mol. The molecule has 0 heterocycles. The van der Waals surface area contributed by atoms with E-state index in [-0.39, 0.29) is 30.3 Å². The first-order valence-corrected chi connectivity index (χ1v) is 10.5. The molecule has 3 aromatic carbocycles. The molecule has 0 aromatic heterocycles. The smallest absolute Gasteiger partial charge is 0.428 e. The number of carbonyl (C=O) groups is 1. The Morgan fingerprint density at radius 1 is 0.700 bits per heavy atom. The predicted octanol–water partition coefficient (Wildman–Crippen LogP) is 7.90. The maximum Gasteiger partial charge on any atom is 0.461 e. The lowest BCUT2D eigenvalue weighted by Gasteiger charge is -2.23. The summed E-state index contributed by atoms with van der Waals surface area (Å²) < 4.78 is 177. The fourth-order valence-electron chi connectivity index (χ4n) is 3.41. The van der Waals surface area contributed by atoms with E-state index in [2.05, 4.69) is 4.74 Å². The number of nitrogens with one attached hydrogen (secondary N) is 1. The molecule has 0 aliphatic heterocycles. The first kappa shape index (κ1) is 30.6. The van der Waals surface area contributed by atoms with Crippen LogP contribution in [-0.4, -0.2) is 18.4 Å². The Hall–Kier alpha value is -3.98. The highest BCUT2D eigenvalue weighted by molar-refractivity contribution is 5.95. The Balaban J connectivity index is 2.15. The number of hydrogen-bond donors (Lipinski definition) is 1. The molecule has 1 amide bonds. The van der Waals surface area contributed by atoms with Gasteiger partial charge in [0.1, 0.15) is 23.2 Å². The third-order valence-corrected chi connectivity index (χ3v) is 5.17. The zero-order valence-corrected chi connectivity index (χ0v) is 19.1. The highest BCUT2D eigenvalue weighted by Gasteiger charge is 2.44. The molecule has 1 atom stereocenters. The van der Waals surface area contributed by atoms with Gasteiger partial charge < -0.3 is 10.1 Å². The van der Waals surface area contributed by atoms with Crippen LogP contribution in [0.15, 0.2) is 54.6 Å². The van der Waals surface area contributed by atoms with Gasteiger partial charge in [0.15, 0.2) is 0 Å². The molecule has 3 aromatic rings. The molecule has 0 aliphatic carbocycles. The third-order valence-electron chi connectivity index (χ3n) is 5.17. The minimum atomic E-state index is -5.32. The van der Waals surface area contributed by atoms with Crippen molar-refractivity contribution in [2.45, 2.75) is 30.9 Å². The van der Waals surface area contributed by atoms with Gasteiger partial charge in [-0.3, -0.25) is 4.79 Å². The Morgan fingerprint density at radius 2 is 1.25 bits per heavy atom. The van der Waals surface area contributed by atoms with Crippen LogP contribution in [0.5, 0.6) is 5.75 Å². The molecule has 0 spiro atoms. The zero-order chi connectivity index (χ0) is 30.2. The Kier molecular flexibility index (Phi) is 8.32. The Morgan fingerprint density at radius 3 is 1.80 bits per heavy atom. The molecule has 40 heavy (non-hydrogen) atoms. The monoisotopic (exact) mass is 593 g/mol. The van der Waals surface area contributed by atoms with Gasteiger partial charge in [0, 0.05) is 11.6 Å². The minimum absolute atomic E-state index is 0.0524. The van der Waals surface area contributed by atoms with E-state index in [0.29, 0.717) is 24.3 Å². The van der Waals surface area contributed by atoms with E-state index < -0.39 is 87.9 Å². The molecule has 0 saturated heterocycles. The molecule has 1 N–H and O–H groups in total. The van der Waals surface area contributed by atoms with Crippen molar-refractivity contribution >= 4 is 5.91 Å². The van der Waals surface area contributed by atoms with Crippen molar-refractivity contribution in [2.24, 2.45) is 0 Å². The Bertz CT molecular complexity index is 1400. The first-order valence-electron chi connectivity index (χ1n) is 10.5. The summed E-state index contributed by atoms with van der Waals surface area (Å²) in [5, 5.41) is 1.93. The lowest BCUT2D eigenvalue weighted by atomic mass is 9.95. The second-order valence-corrected chi connectivity index (χ2v) is 8.02. The van der Waals surface area contributed by atoms with E-state index in [0.717, 1.165) is 0 Å². The van der Waals surface area contributed by atoms with Gasteiger partial charge in [-0.25, -0.2) is 13.2 Å². The largest absolute Gasteiger partial charge is 0.461 e. The average molecular weight is 593 g/mol. The van der Waals surface area contributed by atoms with Crippen LogP contribution in [0.2, 0.25) is 0 Å². The molecule has 0 radical (unpaired) electrons. The van der Waals surface area contributed by atoms with Gasteiger partial charge in [0.2, 0.25) is 0 Å². The van der Waals surface area contributed by atoms with Crippen LogP contribution in [0.4, 0.5) is 57.1 Å². The summed E-state index contributed by atoms with van der Waals surface area (Å²) in [5.74, 6) is -7.84. The maximum absolute atomic E-state index is 14.3. The van der Waals surface area contributed by atoms with Crippen molar-refractivity contribution in [3.8, 4) is 5.75 Å².